The van der Waals surface area contributed by atoms with Crippen molar-refractivity contribution in [1.29, 1.82) is 0 Å². The van der Waals surface area contributed by atoms with Crippen molar-refractivity contribution in [3.8, 4) is 0 Å². The summed E-state index contributed by atoms with van der Waals surface area (Å²) in [7, 11) is 0. The van der Waals surface area contributed by atoms with Gasteiger partial charge in [0.15, 0.2) is 0 Å². The third-order valence-electron chi connectivity index (χ3n) is 5.11. The number of urea groups is 1. The van der Waals surface area contributed by atoms with Crippen LogP contribution in [0.15, 0.2) is 0 Å². The van der Waals surface area contributed by atoms with Gasteiger partial charge in [0.2, 0.25) is 11.8 Å². The molecule has 0 aliphatic carbocycles. The van der Waals surface area contributed by atoms with Gasteiger partial charge in [-0.25, -0.2) is 4.79 Å². The van der Waals surface area contributed by atoms with Crippen LogP contribution in [-0.2, 0) is 23.8 Å². The number of nitrogens with two attached hydrogens (primary N) is 1. The lowest BCUT2D eigenvalue weighted by atomic mass is 10.0. The number of nitrogens with one attached hydrogen (secondary N) is 3. The highest BCUT2D eigenvalue weighted by molar-refractivity contribution is 8.00. The number of carbonyl (C=O) groups is 3. The second-order valence-electron chi connectivity index (χ2n) is 7.62. The van der Waals surface area contributed by atoms with E-state index in [1.54, 1.807) is 0 Å². The number of unbranched alkanes of at least 4 members (excludes halogenated alkanes) is 1. The van der Waals surface area contributed by atoms with Gasteiger partial charge < -0.3 is 35.9 Å². The predicted molar refractivity (Wildman–Crippen MR) is 118 cm³/mol. The van der Waals surface area contributed by atoms with Crippen molar-refractivity contribution in [3.05, 3.63) is 0 Å². The Hall–Kier alpha value is -1.56. The summed E-state index contributed by atoms with van der Waals surface area (Å²) in [5.41, 5.74) is 5.00. The van der Waals surface area contributed by atoms with Crippen LogP contribution in [0.2, 0.25) is 0 Å². The topological polar surface area (TPSA) is 141 Å². The maximum Gasteiger partial charge on any atom is 0.315 e. The number of ether oxygens (including phenoxy) is 3. The predicted octanol–water partition coefficient (Wildman–Crippen LogP) is 0.144. The van der Waals surface area contributed by atoms with Gasteiger partial charge in [-0.1, -0.05) is 6.42 Å². The summed E-state index contributed by atoms with van der Waals surface area (Å²) >= 11 is 1.90. The molecule has 3 unspecified atom stereocenters. The molecule has 2 saturated heterocycles. The van der Waals surface area contributed by atoms with E-state index in [0.717, 1.165) is 31.4 Å². The molecule has 3 atom stereocenters. The average Bonchev–Trinajstić information content (AvgIpc) is 3.28. The first-order valence-electron chi connectivity index (χ1n) is 11.0. The summed E-state index contributed by atoms with van der Waals surface area (Å²) in [6, 6.07) is 0.436. The number of amides is 4. The lowest BCUT2D eigenvalue weighted by Gasteiger charge is -2.16. The van der Waals surface area contributed by atoms with Crippen LogP contribution in [-0.4, -0.2) is 87.1 Å². The molecule has 0 aromatic carbocycles. The Labute approximate surface area is 188 Å². The molecule has 11 heteroatoms. The minimum Gasteiger partial charge on any atom is -0.379 e. The monoisotopic (exact) mass is 460 g/mol. The minimum absolute atomic E-state index is 0.0560. The average molecular weight is 461 g/mol. The van der Waals surface area contributed by atoms with Crippen LogP contribution < -0.4 is 21.7 Å². The molecule has 2 aliphatic heterocycles. The first-order chi connectivity index (χ1) is 15.1. The standard InChI is InChI=1S/C20H36N4O6S/c21-17(25)6-9-29-11-13-30-12-10-28-8-3-7-22-18(26)5-2-1-4-16-19-15(14-31-16)23-20(27)24-19/h15-16,19H,1-14H2,(H2,21,25)(H,22,26)(H2,23,24,27). The fourth-order valence-corrected chi connectivity index (χ4v) is 5.02. The van der Waals surface area contributed by atoms with Crippen LogP contribution in [0.1, 0.15) is 38.5 Å². The largest absolute Gasteiger partial charge is 0.379 e. The zero-order valence-electron chi connectivity index (χ0n) is 18.1. The first kappa shape index (κ1) is 25.7. The Morgan fingerprint density at radius 1 is 0.968 bits per heavy atom. The molecule has 2 aliphatic rings. The molecular formula is C20H36N4O6S. The number of hydrogen-bond acceptors (Lipinski definition) is 7. The summed E-state index contributed by atoms with van der Waals surface area (Å²) in [5, 5.41) is 9.31. The van der Waals surface area contributed by atoms with Crippen molar-refractivity contribution in [2.24, 2.45) is 5.73 Å². The number of rotatable bonds is 18. The van der Waals surface area contributed by atoms with Gasteiger partial charge in [0.1, 0.15) is 0 Å². The van der Waals surface area contributed by atoms with Gasteiger partial charge in [-0.15, -0.1) is 0 Å². The Balaban J connectivity index is 1.31. The van der Waals surface area contributed by atoms with Crippen LogP contribution in [0.25, 0.3) is 0 Å². The molecule has 178 valence electrons. The summed E-state index contributed by atoms with van der Waals surface area (Å²) in [5.74, 6) is 0.670. The fraction of sp³-hybridized carbons (Fsp3) is 0.850. The summed E-state index contributed by atoms with van der Waals surface area (Å²) in [6.45, 7) is 3.34. The molecule has 0 bridgehead atoms. The Bertz CT molecular complexity index is 568. The van der Waals surface area contributed by atoms with Crippen molar-refractivity contribution in [2.75, 3.05) is 51.9 Å². The molecule has 2 fully saturated rings. The SMILES string of the molecule is NC(=O)CCOCCOCCOCCCNC(=O)CCCCC1SCC2NC(=O)NC21. The van der Waals surface area contributed by atoms with E-state index in [1.165, 1.54) is 0 Å². The summed E-state index contributed by atoms with van der Waals surface area (Å²) < 4.78 is 16.0. The van der Waals surface area contributed by atoms with Crippen molar-refractivity contribution in [3.63, 3.8) is 0 Å². The second-order valence-corrected chi connectivity index (χ2v) is 8.90. The molecule has 2 heterocycles. The van der Waals surface area contributed by atoms with Gasteiger partial charge in [0, 0.05) is 37.0 Å². The van der Waals surface area contributed by atoms with E-state index in [2.05, 4.69) is 16.0 Å². The van der Waals surface area contributed by atoms with E-state index in [0.29, 0.717) is 57.9 Å². The second kappa shape index (κ2) is 15.3. The van der Waals surface area contributed by atoms with Crippen LogP contribution in [0.4, 0.5) is 4.79 Å². The number of fused-ring (bicyclic) bond motifs is 1. The zero-order chi connectivity index (χ0) is 22.3. The lowest BCUT2D eigenvalue weighted by Crippen LogP contribution is -2.36. The van der Waals surface area contributed by atoms with E-state index >= 15 is 0 Å². The highest BCUT2D eigenvalue weighted by Gasteiger charge is 2.42. The molecular weight excluding hydrogens is 424 g/mol. The fourth-order valence-electron chi connectivity index (χ4n) is 3.48. The van der Waals surface area contributed by atoms with Gasteiger partial charge in [0.25, 0.3) is 0 Å². The number of carbonyl (C=O) groups excluding carboxylic acids is 3. The Morgan fingerprint density at radius 2 is 1.68 bits per heavy atom. The molecule has 2 rings (SSSR count). The van der Waals surface area contributed by atoms with E-state index in [4.69, 9.17) is 19.9 Å². The maximum atomic E-state index is 11.9. The van der Waals surface area contributed by atoms with Gasteiger partial charge >= 0.3 is 6.03 Å². The van der Waals surface area contributed by atoms with Crippen molar-refractivity contribution in [2.45, 2.75) is 55.9 Å². The van der Waals surface area contributed by atoms with E-state index in [9.17, 15) is 14.4 Å². The highest BCUT2D eigenvalue weighted by Crippen LogP contribution is 2.33. The normalized spacial score (nSPS) is 22.1. The molecule has 31 heavy (non-hydrogen) atoms. The molecule has 0 saturated carbocycles. The third kappa shape index (κ3) is 11.0. The number of primary amides is 1. The van der Waals surface area contributed by atoms with Crippen LogP contribution in [0, 0.1) is 0 Å². The summed E-state index contributed by atoms with van der Waals surface area (Å²) in [4.78, 5) is 33.8. The van der Waals surface area contributed by atoms with E-state index in [1.807, 2.05) is 11.8 Å². The molecule has 4 amide bonds. The van der Waals surface area contributed by atoms with Gasteiger partial charge in [-0.05, 0) is 19.3 Å². The Morgan fingerprint density at radius 3 is 2.42 bits per heavy atom. The lowest BCUT2D eigenvalue weighted by molar-refractivity contribution is -0.121. The van der Waals surface area contributed by atoms with Crippen molar-refractivity contribution < 1.29 is 28.6 Å². The van der Waals surface area contributed by atoms with Gasteiger partial charge in [-0.2, -0.15) is 11.8 Å². The number of thioether (sulfide) groups is 1. The summed E-state index contributed by atoms with van der Waals surface area (Å²) in [6.07, 6.45) is 4.39. The Kier molecular flexibility index (Phi) is 12.7. The van der Waals surface area contributed by atoms with Crippen molar-refractivity contribution in [1.82, 2.24) is 16.0 Å². The highest BCUT2D eigenvalue weighted by atomic mass is 32.2. The van der Waals surface area contributed by atoms with Crippen molar-refractivity contribution >= 4 is 29.6 Å². The van der Waals surface area contributed by atoms with Crippen LogP contribution in [0.5, 0.6) is 0 Å². The first-order valence-corrected chi connectivity index (χ1v) is 12.1. The van der Waals surface area contributed by atoms with Crippen LogP contribution >= 0.6 is 11.8 Å². The maximum absolute atomic E-state index is 11.9. The minimum atomic E-state index is -0.374. The zero-order valence-corrected chi connectivity index (χ0v) is 18.9. The molecule has 0 spiro atoms. The molecule has 0 aromatic rings. The molecule has 0 radical (unpaired) electrons. The van der Waals surface area contributed by atoms with Crippen LogP contribution in [0.3, 0.4) is 0 Å². The van der Waals surface area contributed by atoms with E-state index < -0.39 is 0 Å². The number of hydrogen-bond donors (Lipinski definition) is 4. The quantitative estimate of drug-likeness (QED) is 0.168. The molecule has 5 N–H and O–H groups in total. The van der Waals surface area contributed by atoms with E-state index in [-0.39, 0.29) is 36.3 Å². The third-order valence-corrected chi connectivity index (χ3v) is 6.61. The molecule has 0 aromatic heterocycles. The van der Waals surface area contributed by atoms with Gasteiger partial charge in [-0.3, -0.25) is 9.59 Å². The molecule has 10 nitrogen and oxygen atoms in total. The van der Waals surface area contributed by atoms with Gasteiger partial charge in [0.05, 0.1) is 45.1 Å². The smallest absolute Gasteiger partial charge is 0.315 e.